The van der Waals surface area contributed by atoms with Gasteiger partial charge in [0, 0.05) is 5.56 Å². The Labute approximate surface area is 129 Å². The SMILES string of the molecule is Cc1ccc(-c2ccc(Cc3ccc(F)cc3)cc2)c(F)c1. The van der Waals surface area contributed by atoms with Crippen LogP contribution in [0.3, 0.4) is 0 Å². The maximum absolute atomic E-state index is 14.0. The first-order valence-corrected chi connectivity index (χ1v) is 7.22. The van der Waals surface area contributed by atoms with Crippen molar-refractivity contribution in [3.05, 3.63) is 95.1 Å². The van der Waals surface area contributed by atoms with Crippen LogP contribution in [0.2, 0.25) is 0 Å². The smallest absolute Gasteiger partial charge is 0.131 e. The van der Waals surface area contributed by atoms with Crippen LogP contribution in [0, 0.1) is 18.6 Å². The molecule has 0 aromatic heterocycles. The summed E-state index contributed by atoms with van der Waals surface area (Å²) in [7, 11) is 0. The summed E-state index contributed by atoms with van der Waals surface area (Å²) in [6.07, 6.45) is 0.733. The van der Waals surface area contributed by atoms with Gasteiger partial charge in [-0.1, -0.05) is 48.5 Å². The zero-order valence-corrected chi connectivity index (χ0v) is 12.3. The van der Waals surface area contributed by atoms with E-state index in [-0.39, 0.29) is 11.6 Å². The van der Waals surface area contributed by atoms with E-state index in [0.717, 1.165) is 28.7 Å². The summed E-state index contributed by atoms with van der Waals surface area (Å²) in [4.78, 5) is 0. The molecule has 110 valence electrons. The summed E-state index contributed by atoms with van der Waals surface area (Å²) < 4.78 is 26.9. The highest BCUT2D eigenvalue weighted by Gasteiger charge is 2.05. The predicted molar refractivity (Wildman–Crippen MR) is 85.8 cm³/mol. The third kappa shape index (κ3) is 3.22. The Bertz CT molecular complexity index is 772. The molecule has 0 unspecified atom stereocenters. The van der Waals surface area contributed by atoms with Gasteiger partial charge in [0.25, 0.3) is 0 Å². The van der Waals surface area contributed by atoms with E-state index < -0.39 is 0 Å². The molecule has 0 nitrogen and oxygen atoms in total. The Hall–Kier alpha value is -2.48. The fraction of sp³-hybridized carbons (Fsp3) is 0.100. The summed E-state index contributed by atoms with van der Waals surface area (Å²) in [5.41, 5.74) is 4.55. The zero-order valence-electron chi connectivity index (χ0n) is 12.3. The summed E-state index contributed by atoms with van der Waals surface area (Å²) in [6.45, 7) is 1.87. The van der Waals surface area contributed by atoms with Crippen LogP contribution in [0.4, 0.5) is 8.78 Å². The monoisotopic (exact) mass is 294 g/mol. The average molecular weight is 294 g/mol. The lowest BCUT2D eigenvalue weighted by Gasteiger charge is -2.07. The Kier molecular flexibility index (Phi) is 4.01. The summed E-state index contributed by atoms with van der Waals surface area (Å²) in [6, 6.07) is 19.6. The fourth-order valence-electron chi connectivity index (χ4n) is 2.49. The van der Waals surface area contributed by atoms with Crippen LogP contribution in [0.5, 0.6) is 0 Å². The molecule has 0 saturated heterocycles. The molecule has 0 saturated carbocycles. The summed E-state index contributed by atoms with van der Waals surface area (Å²) >= 11 is 0. The van der Waals surface area contributed by atoms with Gasteiger partial charge >= 0.3 is 0 Å². The lowest BCUT2D eigenvalue weighted by atomic mass is 9.99. The summed E-state index contributed by atoms with van der Waals surface area (Å²) in [5.74, 6) is -0.430. The minimum atomic E-state index is -0.228. The molecule has 0 fully saturated rings. The number of aryl methyl sites for hydroxylation is 1. The van der Waals surface area contributed by atoms with Gasteiger partial charge in [-0.05, 0) is 53.8 Å². The van der Waals surface area contributed by atoms with E-state index in [4.69, 9.17) is 0 Å². The molecule has 0 atom stereocenters. The van der Waals surface area contributed by atoms with E-state index in [2.05, 4.69) is 0 Å². The van der Waals surface area contributed by atoms with Crippen molar-refractivity contribution >= 4 is 0 Å². The molecule has 0 spiro atoms. The Morgan fingerprint density at radius 2 is 1.32 bits per heavy atom. The topological polar surface area (TPSA) is 0 Å². The highest BCUT2D eigenvalue weighted by atomic mass is 19.1. The molecule has 0 radical (unpaired) electrons. The molecular weight excluding hydrogens is 278 g/mol. The Morgan fingerprint density at radius 3 is 1.91 bits per heavy atom. The molecule has 0 aliphatic heterocycles. The Balaban J connectivity index is 1.81. The first-order chi connectivity index (χ1) is 10.6. The minimum Gasteiger partial charge on any atom is -0.207 e. The molecule has 0 N–H and O–H groups in total. The van der Waals surface area contributed by atoms with Crippen LogP contribution in [-0.2, 0) is 6.42 Å². The van der Waals surface area contributed by atoms with Gasteiger partial charge in [-0.3, -0.25) is 0 Å². The van der Waals surface area contributed by atoms with Gasteiger partial charge in [-0.15, -0.1) is 0 Å². The second kappa shape index (κ2) is 6.10. The van der Waals surface area contributed by atoms with Gasteiger partial charge in [0.15, 0.2) is 0 Å². The quantitative estimate of drug-likeness (QED) is 0.595. The van der Waals surface area contributed by atoms with Crippen LogP contribution in [0.15, 0.2) is 66.7 Å². The molecule has 2 heteroatoms. The van der Waals surface area contributed by atoms with Crippen molar-refractivity contribution in [2.24, 2.45) is 0 Å². The fourth-order valence-corrected chi connectivity index (χ4v) is 2.49. The maximum atomic E-state index is 14.0. The molecule has 0 bridgehead atoms. The van der Waals surface area contributed by atoms with Gasteiger partial charge in [-0.2, -0.15) is 0 Å². The minimum absolute atomic E-state index is 0.203. The molecular formula is C20H16F2. The third-order valence-electron chi connectivity index (χ3n) is 3.71. The summed E-state index contributed by atoms with van der Waals surface area (Å²) in [5, 5.41) is 0. The van der Waals surface area contributed by atoms with Crippen molar-refractivity contribution in [3.8, 4) is 11.1 Å². The normalized spacial score (nSPS) is 10.7. The van der Waals surface area contributed by atoms with Crippen LogP contribution < -0.4 is 0 Å². The average Bonchev–Trinajstić information content (AvgIpc) is 2.51. The van der Waals surface area contributed by atoms with E-state index in [1.54, 1.807) is 24.3 Å². The lowest BCUT2D eigenvalue weighted by Crippen LogP contribution is -1.90. The molecule has 0 aliphatic rings. The van der Waals surface area contributed by atoms with Gasteiger partial charge in [0.1, 0.15) is 11.6 Å². The molecule has 3 aromatic carbocycles. The molecule has 0 aliphatic carbocycles. The van der Waals surface area contributed by atoms with Crippen molar-refractivity contribution in [1.82, 2.24) is 0 Å². The van der Waals surface area contributed by atoms with Crippen molar-refractivity contribution in [3.63, 3.8) is 0 Å². The highest BCUT2D eigenvalue weighted by molar-refractivity contribution is 5.64. The first-order valence-electron chi connectivity index (χ1n) is 7.22. The largest absolute Gasteiger partial charge is 0.207 e. The standard InChI is InChI=1S/C20H16F2/c1-14-2-11-19(20(22)12-14)17-7-3-15(4-8-17)13-16-5-9-18(21)10-6-16/h2-12H,13H2,1H3. The van der Waals surface area contributed by atoms with E-state index >= 15 is 0 Å². The second-order valence-corrected chi connectivity index (χ2v) is 5.48. The predicted octanol–water partition coefficient (Wildman–Crippen LogP) is 5.53. The molecule has 0 heterocycles. The maximum Gasteiger partial charge on any atom is 0.131 e. The van der Waals surface area contributed by atoms with Gasteiger partial charge in [0.2, 0.25) is 0 Å². The molecule has 3 rings (SSSR count). The van der Waals surface area contributed by atoms with Crippen LogP contribution in [-0.4, -0.2) is 0 Å². The Morgan fingerprint density at radius 1 is 0.727 bits per heavy atom. The number of halogens is 2. The van der Waals surface area contributed by atoms with Crippen LogP contribution in [0.1, 0.15) is 16.7 Å². The van der Waals surface area contributed by atoms with Crippen LogP contribution >= 0.6 is 0 Å². The number of benzene rings is 3. The number of rotatable bonds is 3. The second-order valence-electron chi connectivity index (χ2n) is 5.48. The molecule has 3 aromatic rings. The van der Waals surface area contributed by atoms with E-state index in [0.29, 0.717) is 5.56 Å². The molecule has 0 amide bonds. The van der Waals surface area contributed by atoms with Crippen molar-refractivity contribution < 1.29 is 8.78 Å². The van der Waals surface area contributed by atoms with Crippen molar-refractivity contribution in [1.29, 1.82) is 0 Å². The van der Waals surface area contributed by atoms with Crippen molar-refractivity contribution in [2.75, 3.05) is 0 Å². The highest BCUT2D eigenvalue weighted by Crippen LogP contribution is 2.24. The molecule has 22 heavy (non-hydrogen) atoms. The van der Waals surface area contributed by atoms with Crippen LogP contribution in [0.25, 0.3) is 11.1 Å². The third-order valence-corrected chi connectivity index (χ3v) is 3.71. The zero-order chi connectivity index (χ0) is 15.5. The number of hydrogen-bond acceptors (Lipinski definition) is 0. The lowest BCUT2D eigenvalue weighted by molar-refractivity contribution is 0.627. The van der Waals surface area contributed by atoms with Gasteiger partial charge in [0.05, 0.1) is 0 Å². The van der Waals surface area contributed by atoms with E-state index in [1.807, 2.05) is 37.3 Å². The van der Waals surface area contributed by atoms with E-state index in [1.165, 1.54) is 12.1 Å². The van der Waals surface area contributed by atoms with Crippen molar-refractivity contribution in [2.45, 2.75) is 13.3 Å². The van der Waals surface area contributed by atoms with E-state index in [9.17, 15) is 8.78 Å². The first kappa shape index (κ1) is 14.5. The number of hydrogen-bond donors (Lipinski definition) is 0. The van der Waals surface area contributed by atoms with Gasteiger partial charge < -0.3 is 0 Å². The van der Waals surface area contributed by atoms with Gasteiger partial charge in [-0.25, -0.2) is 8.78 Å².